The normalized spacial score (nSPS) is 12.4. The molecule has 0 saturated heterocycles. The zero-order valence-electron chi connectivity index (χ0n) is 10.5. The molecule has 0 aliphatic heterocycles. The second-order valence-electron chi connectivity index (χ2n) is 4.54. The van der Waals surface area contributed by atoms with Gasteiger partial charge in [0.1, 0.15) is 0 Å². The molecule has 2 rings (SSSR count). The van der Waals surface area contributed by atoms with E-state index in [0.29, 0.717) is 11.8 Å². The average Bonchev–Trinajstić information content (AvgIpc) is 2.38. The number of nitrogens with zero attached hydrogens (tertiary/aromatic N) is 1. The van der Waals surface area contributed by atoms with Gasteiger partial charge in [-0.1, -0.05) is 53.6 Å². The molecular formula is C15H15BrClN. The number of alkyl halides is 1. The molecule has 1 aromatic carbocycles. The van der Waals surface area contributed by atoms with Gasteiger partial charge in [0.15, 0.2) is 0 Å². The number of aromatic nitrogens is 1. The van der Waals surface area contributed by atoms with Gasteiger partial charge < -0.3 is 0 Å². The lowest BCUT2D eigenvalue weighted by Gasteiger charge is -2.09. The molecule has 0 saturated carbocycles. The monoisotopic (exact) mass is 323 g/mol. The summed E-state index contributed by atoms with van der Waals surface area (Å²) in [6.45, 7) is 4.31. The van der Waals surface area contributed by atoms with E-state index in [1.165, 1.54) is 5.57 Å². The zero-order valence-corrected chi connectivity index (χ0v) is 12.8. The minimum Gasteiger partial charge on any atom is -0.256 e. The van der Waals surface area contributed by atoms with E-state index >= 15 is 0 Å². The summed E-state index contributed by atoms with van der Waals surface area (Å²) >= 11 is 9.55. The Balaban J connectivity index is 2.62. The van der Waals surface area contributed by atoms with Crippen molar-refractivity contribution in [3.63, 3.8) is 0 Å². The summed E-state index contributed by atoms with van der Waals surface area (Å²) in [6, 6.07) is 8.15. The van der Waals surface area contributed by atoms with Gasteiger partial charge in [0.2, 0.25) is 0 Å². The van der Waals surface area contributed by atoms with Crippen LogP contribution in [0.4, 0.5) is 0 Å². The Morgan fingerprint density at radius 1 is 1.39 bits per heavy atom. The molecule has 2 aromatic rings. The Labute approximate surface area is 121 Å². The Morgan fingerprint density at radius 3 is 2.83 bits per heavy atom. The molecule has 3 heteroatoms. The molecule has 0 atom stereocenters. The smallest absolute Gasteiger partial charge is 0.0785 e. The second-order valence-corrected chi connectivity index (χ2v) is 5.67. The number of halogens is 2. The third-order valence-corrected chi connectivity index (χ3v) is 3.98. The van der Waals surface area contributed by atoms with Gasteiger partial charge in [0.25, 0.3) is 0 Å². The lowest BCUT2D eigenvalue weighted by atomic mass is 10.0. The largest absolute Gasteiger partial charge is 0.256 e. The molecule has 0 aliphatic carbocycles. The Kier molecular flexibility index (Phi) is 4.41. The molecule has 0 spiro atoms. The van der Waals surface area contributed by atoms with Crippen molar-refractivity contribution in [3.8, 4) is 0 Å². The van der Waals surface area contributed by atoms with Crippen LogP contribution >= 0.6 is 27.5 Å². The maximum Gasteiger partial charge on any atom is 0.0785 e. The molecule has 0 unspecified atom stereocenters. The van der Waals surface area contributed by atoms with Crippen molar-refractivity contribution in [1.82, 2.24) is 4.98 Å². The van der Waals surface area contributed by atoms with Crippen LogP contribution in [-0.4, -0.2) is 10.9 Å². The van der Waals surface area contributed by atoms with Gasteiger partial charge in [-0.05, 0) is 18.1 Å². The van der Waals surface area contributed by atoms with Crippen molar-refractivity contribution in [2.45, 2.75) is 13.8 Å². The molecule has 0 radical (unpaired) electrons. The third-order valence-electron chi connectivity index (χ3n) is 2.98. The third kappa shape index (κ3) is 2.76. The van der Waals surface area contributed by atoms with E-state index < -0.39 is 0 Å². The van der Waals surface area contributed by atoms with Gasteiger partial charge >= 0.3 is 0 Å². The van der Waals surface area contributed by atoms with E-state index in [1.54, 1.807) is 0 Å². The van der Waals surface area contributed by atoms with E-state index in [2.05, 4.69) is 59.0 Å². The van der Waals surface area contributed by atoms with Crippen LogP contribution in [0, 0.1) is 5.92 Å². The number of fused-ring (bicyclic) bond motifs is 1. The lowest BCUT2D eigenvalue weighted by Crippen LogP contribution is -1.96. The zero-order chi connectivity index (χ0) is 13.1. The topological polar surface area (TPSA) is 12.9 Å². The van der Waals surface area contributed by atoms with Gasteiger partial charge in [-0.25, -0.2) is 0 Å². The van der Waals surface area contributed by atoms with Crippen LogP contribution in [-0.2, 0) is 0 Å². The number of hydrogen-bond acceptors (Lipinski definition) is 1. The van der Waals surface area contributed by atoms with Crippen LogP contribution in [0.3, 0.4) is 0 Å². The highest BCUT2D eigenvalue weighted by molar-refractivity contribution is 9.10. The Morgan fingerprint density at radius 2 is 2.17 bits per heavy atom. The molecule has 0 bridgehead atoms. The molecule has 1 aromatic heterocycles. The molecule has 0 fully saturated rings. The van der Waals surface area contributed by atoms with E-state index in [-0.39, 0.29) is 0 Å². The van der Waals surface area contributed by atoms with Crippen molar-refractivity contribution < 1.29 is 0 Å². The second kappa shape index (κ2) is 5.85. The fourth-order valence-electron chi connectivity index (χ4n) is 1.84. The summed E-state index contributed by atoms with van der Waals surface area (Å²) in [6.07, 6.45) is 3.97. The minimum absolute atomic E-state index is 0.449. The first-order valence-corrected chi connectivity index (χ1v) is 7.26. The Bertz CT molecular complexity index is 590. The summed E-state index contributed by atoms with van der Waals surface area (Å²) < 4.78 is 1.07. The first kappa shape index (κ1) is 13.6. The highest BCUT2D eigenvalue weighted by Gasteiger charge is 2.06. The predicted molar refractivity (Wildman–Crippen MR) is 83.0 cm³/mol. The number of benzene rings is 1. The molecular weight excluding hydrogens is 310 g/mol. The van der Waals surface area contributed by atoms with E-state index in [0.717, 1.165) is 20.9 Å². The first-order valence-electron chi connectivity index (χ1n) is 5.93. The quantitative estimate of drug-likeness (QED) is 0.700. The fourth-order valence-corrected chi connectivity index (χ4v) is 2.67. The van der Waals surface area contributed by atoms with Crippen molar-refractivity contribution in [1.29, 1.82) is 0 Å². The van der Waals surface area contributed by atoms with Crippen molar-refractivity contribution >= 4 is 44.5 Å². The maximum atomic E-state index is 6.00. The number of pyridine rings is 1. The molecule has 0 amide bonds. The summed E-state index contributed by atoms with van der Waals surface area (Å²) in [5, 5.41) is 1.13. The summed E-state index contributed by atoms with van der Waals surface area (Å²) in [4.78, 5) is 4.47. The van der Waals surface area contributed by atoms with Gasteiger partial charge in [-0.15, -0.1) is 11.6 Å². The van der Waals surface area contributed by atoms with Crippen LogP contribution in [0.25, 0.3) is 17.0 Å². The van der Waals surface area contributed by atoms with Gasteiger partial charge in [-0.2, -0.15) is 0 Å². The summed E-state index contributed by atoms with van der Waals surface area (Å²) in [5.74, 6) is 1.01. The van der Waals surface area contributed by atoms with Gasteiger partial charge in [0, 0.05) is 27.5 Å². The first-order chi connectivity index (χ1) is 8.63. The summed E-state index contributed by atoms with van der Waals surface area (Å²) in [7, 11) is 0. The lowest BCUT2D eigenvalue weighted by molar-refractivity contribution is 0.778. The van der Waals surface area contributed by atoms with Crippen LogP contribution in [0.15, 0.2) is 40.5 Å². The van der Waals surface area contributed by atoms with Crippen molar-refractivity contribution in [2.24, 2.45) is 5.92 Å². The summed E-state index contributed by atoms with van der Waals surface area (Å²) in [5.41, 5.74) is 3.36. The Hall–Kier alpha value is -0.860. The minimum atomic E-state index is 0.449. The predicted octanol–water partition coefficient (Wildman–Crippen LogP) is 5.28. The van der Waals surface area contributed by atoms with Crippen LogP contribution in [0.5, 0.6) is 0 Å². The average molecular weight is 325 g/mol. The van der Waals surface area contributed by atoms with Gasteiger partial charge in [-0.3, -0.25) is 4.98 Å². The highest BCUT2D eigenvalue weighted by atomic mass is 79.9. The number of rotatable bonds is 3. The molecule has 94 valence electrons. The molecule has 18 heavy (non-hydrogen) atoms. The molecule has 0 N–H and O–H groups in total. The molecule has 0 aliphatic rings. The van der Waals surface area contributed by atoms with Crippen LogP contribution in [0.2, 0.25) is 0 Å². The van der Waals surface area contributed by atoms with Crippen molar-refractivity contribution in [3.05, 3.63) is 46.1 Å². The molecule has 1 heterocycles. The van der Waals surface area contributed by atoms with E-state index in [9.17, 15) is 0 Å². The fraction of sp³-hybridized carbons (Fsp3) is 0.267. The van der Waals surface area contributed by atoms with Crippen LogP contribution in [0.1, 0.15) is 19.4 Å². The van der Waals surface area contributed by atoms with E-state index in [4.69, 9.17) is 11.6 Å². The number of allylic oxidation sites excluding steroid dienone is 1. The number of hydrogen-bond donors (Lipinski definition) is 0. The maximum absolute atomic E-state index is 6.00. The van der Waals surface area contributed by atoms with Crippen molar-refractivity contribution in [2.75, 3.05) is 5.88 Å². The highest BCUT2D eigenvalue weighted by Crippen LogP contribution is 2.27. The van der Waals surface area contributed by atoms with E-state index in [1.807, 2.05) is 12.3 Å². The standard InChI is InChI=1S/C15H15BrClN/c1-10(2)12(9-17)8-11-5-6-14(16)13-4-3-7-18-15(11)13/h3-8,10H,9H2,1-2H3/b12-8+. The SMILES string of the molecule is CC(C)/C(=C/c1ccc(Br)c2cccnc12)CCl. The van der Waals surface area contributed by atoms with Crippen LogP contribution < -0.4 is 0 Å². The molecule has 1 nitrogen and oxygen atoms in total. The van der Waals surface area contributed by atoms with Gasteiger partial charge in [0.05, 0.1) is 5.52 Å².